The summed E-state index contributed by atoms with van der Waals surface area (Å²) in [5, 5.41) is 0. The van der Waals surface area contributed by atoms with Crippen molar-refractivity contribution in [1.82, 2.24) is 0 Å². The number of anilines is 1. The van der Waals surface area contributed by atoms with Gasteiger partial charge in [-0.1, -0.05) is 25.1 Å². The molecule has 0 unspecified atom stereocenters. The van der Waals surface area contributed by atoms with E-state index in [9.17, 15) is 0 Å². The van der Waals surface area contributed by atoms with E-state index in [2.05, 4.69) is 57.8 Å². The molecule has 0 bridgehead atoms. The summed E-state index contributed by atoms with van der Waals surface area (Å²) in [5.74, 6) is 0. The molecule has 0 spiro atoms. The van der Waals surface area contributed by atoms with Crippen LogP contribution in [0.5, 0.6) is 0 Å². The Kier molecular flexibility index (Phi) is 3.98. The number of aryl methyl sites for hydroxylation is 1. The minimum absolute atomic E-state index is 0.163. The summed E-state index contributed by atoms with van der Waals surface area (Å²) in [4.78, 5) is 2.35. The van der Waals surface area contributed by atoms with E-state index in [0.717, 1.165) is 6.42 Å². The first kappa shape index (κ1) is 13.0. The lowest BCUT2D eigenvalue weighted by Gasteiger charge is -2.39. The van der Waals surface area contributed by atoms with Crippen LogP contribution in [0.1, 0.15) is 38.3 Å². The van der Waals surface area contributed by atoms with Crippen molar-refractivity contribution in [3.8, 4) is 0 Å². The Morgan fingerprint density at radius 2 is 1.94 bits per heavy atom. The molecular weight excluding hydrogens is 196 g/mol. The third-order valence-corrected chi connectivity index (χ3v) is 3.65. The highest BCUT2D eigenvalue weighted by Gasteiger charge is 2.23. The average molecular weight is 220 g/mol. The molecule has 2 heteroatoms. The van der Waals surface area contributed by atoms with E-state index in [4.69, 9.17) is 5.73 Å². The molecule has 0 aliphatic heterocycles. The predicted octanol–water partition coefficient (Wildman–Crippen LogP) is 3.08. The summed E-state index contributed by atoms with van der Waals surface area (Å²) < 4.78 is 0. The maximum Gasteiger partial charge on any atom is 0.0443 e. The van der Waals surface area contributed by atoms with Gasteiger partial charge in [0, 0.05) is 24.8 Å². The molecule has 2 nitrogen and oxygen atoms in total. The van der Waals surface area contributed by atoms with Gasteiger partial charge in [-0.3, -0.25) is 0 Å². The van der Waals surface area contributed by atoms with E-state index in [-0.39, 0.29) is 5.54 Å². The van der Waals surface area contributed by atoms with E-state index >= 15 is 0 Å². The molecular formula is C14H24N2. The van der Waals surface area contributed by atoms with Gasteiger partial charge in [0.1, 0.15) is 0 Å². The number of nitrogens with two attached hydrogens (primary N) is 1. The zero-order chi connectivity index (χ0) is 12.3. The molecule has 0 saturated heterocycles. The van der Waals surface area contributed by atoms with Gasteiger partial charge < -0.3 is 10.6 Å². The molecule has 16 heavy (non-hydrogen) atoms. The summed E-state index contributed by atoms with van der Waals surface area (Å²) in [7, 11) is 2.16. The summed E-state index contributed by atoms with van der Waals surface area (Å²) in [6.45, 7) is 9.49. The molecule has 0 amide bonds. The first-order chi connectivity index (χ1) is 7.44. The van der Waals surface area contributed by atoms with Crippen molar-refractivity contribution >= 4 is 5.69 Å². The zero-order valence-electron chi connectivity index (χ0n) is 11.2. The van der Waals surface area contributed by atoms with Crippen LogP contribution in [0.15, 0.2) is 18.2 Å². The molecule has 1 rings (SSSR count). The number of hydrogen-bond donors (Lipinski definition) is 1. The monoisotopic (exact) mass is 220 g/mol. The summed E-state index contributed by atoms with van der Waals surface area (Å²) >= 11 is 0. The third kappa shape index (κ3) is 2.38. The van der Waals surface area contributed by atoms with Crippen molar-refractivity contribution < 1.29 is 0 Å². The SMILES string of the molecule is CCC(C)(C)N(C)c1c(C)cccc1CN. The Balaban J connectivity index is 3.21. The van der Waals surface area contributed by atoms with E-state index < -0.39 is 0 Å². The quantitative estimate of drug-likeness (QED) is 0.845. The fourth-order valence-corrected chi connectivity index (χ4v) is 1.90. The van der Waals surface area contributed by atoms with Gasteiger partial charge in [-0.2, -0.15) is 0 Å². The van der Waals surface area contributed by atoms with Gasteiger partial charge in [-0.05, 0) is 38.3 Å². The molecule has 0 saturated carbocycles. The van der Waals surface area contributed by atoms with Crippen LogP contribution in [-0.4, -0.2) is 12.6 Å². The molecule has 0 heterocycles. The molecule has 0 aliphatic rings. The minimum Gasteiger partial charge on any atom is -0.369 e. The molecule has 0 fully saturated rings. The zero-order valence-corrected chi connectivity index (χ0v) is 11.2. The Hall–Kier alpha value is -1.02. The summed E-state index contributed by atoms with van der Waals surface area (Å²) in [6.07, 6.45) is 1.11. The third-order valence-electron chi connectivity index (χ3n) is 3.65. The molecule has 0 radical (unpaired) electrons. The van der Waals surface area contributed by atoms with Crippen LogP contribution in [0, 0.1) is 6.92 Å². The largest absolute Gasteiger partial charge is 0.369 e. The fraction of sp³-hybridized carbons (Fsp3) is 0.571. The van der Waals surface area contributed by atoms with Crippen LogP contribution in [0.4, 0.5) is 5.69 Å². The topological polar surface area (TPSA) is 29.3 Å². The molecule has 1 aromatic rings. The standard InChI is InChI=1S/C14H24N2/c1-6-14(3,4)16(5)13-11(2)8-7-9-12(13)10-15/h7-9H,6,10,15H2,1-5H3. The van der Waals surface area contributed by atoms with Crippen LogP contribution < -0.4 is 10.6 Å². The number of nitrogens with zero attached hydrogens (tertiary/aromatic N) is 1. The van der Waals surface area contributed by atoms with Crippen molar-refractivity contribution in [2.24, 2.45) is 5.73 Å². The van der Waals surface area contributed by atoms with Gasteiger partial charge in [-0.15, -0.1) is 0 Å². The van der Waals surface area contributed by atoms with Crippen molar-refractivity contribution in [2.75, 3.05) is 11.9 Å². The molecule has 2 N–H and O–H groups in total. The smallest absolute Gasteiger partial charge is 0.0443 e. The van der Waals surface area contributed by atoms with Crippen molar-refractivity contribution in [3.05, 3.63) is 29.3 Å². The van der Waals surface area contributed by atoms with E-state index in [1.165, 1.54) is 16.8 Å². The predicted molar refractivity (Wildman–Crippen MR) is 71.8 cm³/mol. The molecule has 90 valence electrons. The number of para-hydroxylation sites is 1. The fourth-order valence-electron chi connectivity index (χ4n) is 1.90. The number of benzene rings is 1. The maximum absolute atomic E-state index is 5.82. The molecule has 0 aromatic heterocycles. The lowest BCUT2D eigenvalue weighted by Crippen LogP contribution is -2.41. The Bertz CT molecular complexity index is 356. The van der Waals surface area contributed by atoms with Crippen LogP contribution >= 0.6 is 0 Å². The second-order valence-corrected chi connectivity index (χ2v) is 5.01. The van der Waals surface area contributed by atoms with Gasteiger partial charge in [-0.25, -0.2) is 0 Å². The van der Waals surface area contributed by atoms with Gasteiger partial charge in [0.15, 0.2) is 0 Å². The minimum atomic E-state index is 0.163. The summed E-state index contributed by atoms with van der Waals surface area (Å²) in [6, 6.07) is 6.34. The Morgan fingerprint density at radius 3 is 2.44 bits per heavy atom. The highest BCUT2D eigenvalue weighted by molar-refractivity contribution is 5.60. The molecule has 0 aliphatic carbocycles. The number of rotatable bonds is 4. The second kappa shape index (κ2) is 4.88. The van der Waals surface area contributed by atoms with Crippen LogP contribution in [0.25, 0.3) is 0 Å². The van der Waals surface area contributed by atoms with E-state index in [0.29, 0.717) is 6.54 Å². The van der Waals surface area contributed by atoms with Gasteiger partial charge in [0.25, 0.3) is 0 Å². The maximum atomic E-state index is 5.82. The van der Waals surface area contributed by atoms with Crippen molar-refractivity contribution in [2.45, 2.75) is 46.2 Å². The summed E-state index contributed by atoms with van der Waals surface area (Å²) in [5.41, 5.74) is 9.79. The molecule has 0 atom stereocenters. The van der Waals surface area contributed by atoms with Crippen LogP contribution in [-0.2, 0) is 6.54 Å². The highest BCUT2D eigenvalue weighted by Crippen LogP contribution is 2.30. The lowest BCUT2D eigenvalue weighted by atomic mass is 9.96. The van der Waals surface area contributed by atoms with Gasteiger partial charge in [0.2, 0.25) is 0 Å². The van der Waals surface area contributed by atoms with Crippen molar-refractivity contribution in [3.63, 3.8) is 0 Å². The van der Waals surface area contributed by atoms with Crippen LogP contribution in [0.3, 0.4) is 0 Å². The number of hydrogen-bond acceptors (Lipinski definition) is 2. The average Bonchev–Trinajstić information content (AvgIpc) is 2.27. The normalized spacial score (nSPS) is 11.6. The first-order valence-electron chi connectivity index (χ1n) is 5.96. The second-order valence-electron chi connectivity index (χ2n) is 5.01. The highest BCUT2D eigenvalue weighted by atomic mass is 15.2. The van der Waals surface area contributed by atoms with E-state index in [1.807, 2.05) is 0 Å². The van der Waals surface area contributed by atoms with Crippen molar-refractivity contribution in [1.29, 1.82) is 0 Å². The van der Waals surface area contributed by atoms with Crippen LogP contribution in [0.2, 0.25) is 0 Å². The molecule has 1 aromatic carbocycles. The van der Waals surface area contributed by atoms with Gasteiger partial charge in [0.05, 0.1) is 0 Å². The van der Waals surface area contributed by atoms with E-state index in [1.54, 1.807) is 0 Å². The van der Waals surface area contributed by atoms with Gasteiger partial charge >= 0.3 is 0 Å². The Labute approximate surface area is 99.5 Å². The first-order valence-corrected chi connectivity index (χ1v) is 5.96. The Morgan fingerprint density at radius 1 is 1.31 bits per heavy atom. The lowest BCUT2D eigenvalue weighted by molar-refractivity contribution is 0.469.